The van der Waals surface area contributed by atoms with Gasteiger partial charge in [0.15, 0.2) is 0 Å². The Balaban J connectivity index is 1.31. The highest BCUT2D eigenvalue weighted by Crippen LogP contribution is 2.46. The van der Waals surface area contributed by atoms with Crippen molar-refractivity contribution in [3.8, 4) is 0 Å². The van der Waals surface area contributed by atoms with Crippen LogP contribution in [0.5, 0.6) is 0 Å². The molecule has 144 valence electrons. The Bertz CT molecular complexity index is 650. The smallest absolute Gasteiger partial charge is 0.381 e. The molecule has 4 nitrogen and oxygen atoms in total. The summed E-state index contributed by atoms with van der Waals surface area (Å²) in [7, 11) is 0. The van der Waals surface area contributed by atoms with E-state index >= 15 is 0 Å². The summed E-state index contributed by atoms with van der Waals surface area (Å²) in [5, 5.41) is 0. The number of hydrogen-bond donors (Lipinski definition) is 0. The number of aromatic nitrogens is 1. The molecule has 1 spiro atoms. The maximum absolute atomic E-state index is 12.8. The third-order valence-electron chi connectivity index (χ3n) is 5.59. The van der Waals surface area contributed by atoms with Crippen LogP contribution in [0.4, 0.5) is 13.2 Å². The van der Waals surface area contributed by atoms with Crippen molar-refractivity contribution >= 4 is 11.9 Å². The summed E-state index contributed by atoms with van der Waals surface area (Å²) in [6.07, 6.45) is -1.62. The summed E-state index contributed by atoms with van der Waals surface area (Å²) in [4.78, 5) is 7.24. The van der Waals surface area contributed by atoms with E-state index in [-0.39, 0.29) is 0 Å². The van der Waals surface area contributed by atoms with Crippen molar-refractivity contribution in [3.63, 3.8) is 0 Å². The van der Waals surface area contributed by atoms with Gasteiger partial charge in [-0.2, -0.15) is 13.2 Å². The van der Waals surface area contributed by atoms with Gasteiger partial charge in [-0.1, -0.05) is 6.92 Å². The molecule has 0 N–H and O–H groups in total. The van der Waals surface area contributed by atoms with Crippen molar-refractivity contribution < 1.29 is 17.9 Å². The summed E-state index contributed by atoms with van der Waals surface area (Å²) in [6.45, 7) is 7.87. The first-order valence-electron chi connectivity index (χ1n) is 9.20. The van der Waals surface area contributed by atoms with Gasteiger partial charge >= 0.3 is 6.18 Å². The molecular weight excluding hydrogens is 363 g/mol. The standard InChI is InChI=1S/C18H24F3N3OS/c1-2-14-15(3-4-16(22-14)18(19,20)21)26-24-11-17(12-24)9-23(10-17)13-5-7-25-8-6-13/h3-4,13H,2,5-12H2,1H3. The molecule has 3 aliphatic rings. The van der Waals surface area contributed by atoms with Crippen LogP contribution in [0.3, 0.4) is 0 Å². The highest BCUT2D eigenvalue weighted by molar-refractivity contribution is 7.97. The number of rotatable bonds is 4. The van der Waals surface area contributed by atoms with Gasteiger partial charge in [-0.25, -0.2) is 9.29 Å². The largest absolute Gasteiger partial charge is 0.433 e. The van der Waals surface area contributed by atoms with Crippen LogP contribution in [-0.4, -0.2) is 59.6 Å². The number of aryl methyl sites for hydroxylation is 1. The zero-order valence-electron chi connectivity index (χ0n) is 14.9. The van der Waals surface area contributed by atoms with Crippen LogP contribution in [0.25, 0.3) is 0 Å². The van der Waals surface area contributed by atoms with Gasteiger partial charge in [0.05, 0.1) is 5.69 Å². The van der Waals surface area contributed by atoms with E-state index in [1.165, 1.54) is 0 Å². The molecule has 0 saturated carbocycles. The molecule has 0 bridgehead atoms. The van der Waals surface area contributed by atoms with Crippen molar-refractivity contribution in [2.24, 2.45) is 5.41 Å². The van der Waals surface area contributed by atoms with E-state index < -0.39 is 11.9 Å². The van der Waals surface area contributed by atoms with Crippen LogP contribution < -0.4 is 0 Å². The third-order valence-corrected chi connectivity index (χ3v) is 6.68. The molecule has 0 radical (unpaired) electrons. The summed E-state index contributed by atoms with van der Waals surface area (Å²) in [5.41, 5.74) is 0.116. The van der Waals surface area contributed by atoms with Gasteiger partial charge in [0.1, 0.15) is 5.69 Å². The van der Waals surface area contributed by atoms with Crippen molar-refractivity contribution in [2.45, 2.75) is 43.3 Å². The minimum Gasteiger partial charge on any atom is -0.381 e. The van der Waals surface area contributed by atoms with Crippen LogP contribution in [0, 0.1) is 5.41 Å². The zero-order valence-corrected chi connectivity index (χ0v) is 15.7. The Labute approximate surface area is 156 Å². The molecule has 0 aliphatic carbocycles. The molecule has 4 rings (SSSR count). The lowest BCUT2D eigenvalue weighted by Crippen LogP contribution is -2.72. The number of pyridine rings is 1. The number of nitrogens with zero attached hydrogens (tertiary/aromatic N) is 3. The fourth-order valence-electron chi connectivity index (χ4n) is 4.21. The fourth-order valence-corrected chi connectivity index (χ4v) is 5.59. The molecule has 4 heterocycles. The van der Waals surface area contributed by atoms with Gasteiger partial charge in [-0.3, -0.25) is 4.90 Å². The zero-order chi connectivity index (χ0) is 18.4. The molecule has 8 heteroatoms. The Morgan fingerprint density at radius 3 is 2.50 bits per heavy atom. The van der Waals surface area contributed by atoms with Crippen LogP contribution >= 0.6 is 11.9 Å². The van der Waals surface area contributed by atoms with Gasteiger partial charge in [0.25, 0.3) is 0 Å². The minimum absolute atomic E-state index is 0.386. The second-order valence-corrected chi connectivity index (χ2v) is 8.77. The number of alkyl halides is 3. The van der Waals surface area contributed by atoms with Crippen molar-refractivity contribution in [1.29, 1.82) is 0 Å². The summed E-state index contributed by atoms with van der Waals surface area (Å²) < 4.78 is 46.2. The van der Waals surface area contributed by atoms with Crippen LogP contribution in [0.15, 0.2) is 17.0 Å². The lowest BCUT2D eigenvalue weighted by Gasteiger charge is -2.62. The highest BCUT2D eigenvalue weighted by Gasteiger charge is 2.53. The average Bonchev–Trinajstić information content (AvgIpc) is 2.55. The van der Waals surface area contributed by atoms with Gasteiger partial charge in [-0.05, 0) is 43.3 Å². The Morgan fingerprint density at radius 2 is 1.88 bits per heavy atom. The predicted octanol–water partition coefficient (Wildman–Crippen LogP) is 3.47. The lowest BCUT2D eigenvalue weighted by atomic mass is 9.73. The Kier molecular flexibility index (Phi) is 4.96. The SMILES string of the molecule is CCc1nc(C(F)(F)F)ccc1SN1CC2(C1)CN(C1CCOCC1)C2. The normalized spacial score (nSPS) is 24.5. The second kappa shape index (κ2) is 6.96. The first-order chi connectivity index (χ1) is 12.4. The Hall–Kier alpha value is -0.830. The Morgan fingerprint density at radius 1 is 1.19 bits per heavy atom. The van der Waals surface area contributed by atoms with Crippen LogP contribution in [0.2, 0.25) is 0 Å². The van der Waals surface area contributed by atoms with Crippen LogP contribution in [-0.2, 0) is 17.3 Å². The summed E-state index contributed by atoms with van der Waals surface area (Å²) in [6, 6.07) is 3.33. The molecule has 3 aliphatic heterocycles. The van der Waals surface area contributed by atoms with E-state index in [1.54, 1.807) is 18.0 Å². The molecule has 1 aromatic heterocycles. The van der Waals surface area contributed by atoms with E-state index in [2.05, 4.69) is 14.2 Å². The molecule has 3 fully saturated rings. The topological polar surface area (TPSA) is 28.6 Å². The van der Waals surface area contributed by atoms with E-state index in [4.69, 9.17) is 4.74 Å². The number of ether oxygens (including phenoxy) is 1. The van der Waals surface area contributed by atoms with Gasteiger partial charge in [0.2, 0.25) is 0 Å². The third kappa shape index (κ3) is 3.61. The molecule has 1 aromatic rings. The van der Waals surface area contributed by atoms with Gasteiger partial charge in [-0.15, -0.1) is 0 Å². The number of likely N-dealkylation sites (tertiary alicyclic amines) is 1. The number of hydrogen-bond acceptors (Lipinski definition) is 5. The first kappa shape index (κ1) is 18.5. The van der Waals surface area contributed by atoms with Crippen molar-refractivity contribution in [2.75, 3.05) is 39.4 Å². The maximum atomic E-state index is 12.8. The summed E-state index contributed by atoms with van der Waals surface area (Å²) >= 11 is 1.55. The highest BCUT2D eigenvalue weighted by atomic mass is 32.2. The first-order valence-corrected chi connectivity index (χ1v) is 9.98. The van der Waals surface area contributed by atoms with E-state index in [1.807, 2.05) is 6.92 Å². The maximum Gasteiger partial charge on any atom is 0.433 e. The average molecular weight is 387 g/mol. The minimum atomic E-state index is -4.38. The van der Waals surface area contributed by atoms with Gasteiger partial charge in [0, 0.05) is 55.7 Å². The molecule has 26 heavy (non-hydrogen) atoms. The molecule has 0 amide bonds. The van der Waals surface area contributed by atoms with E-state index in [9.17, 15) is 13.2 Å². The number of halogens is 3. The van der Waals surface area contributed by atoms with E-state index in [0.717, 1.165) is 63.2 Å². The predicted molar refractivity (Wildman–Crippen MR) is 93.9 cm³/mol. The molecule has 0 unspecified atom stereocenters. The summed E-state index contributed by atoms with van der Waals surface area (Å²) in [5.74, 6) is 0. The van der Waals surface area contributed by atoms with Gasteiger partial charge < -0.3 is 4.74 Å². The quantitative estimate of drug-likeness (QED) is 0.738. The van der Waals surface area contributed by atoms with Crippen molar-refractivity contribution in [3.05, 3.63) is 23.5 Å². The molecular formula is C18H24F3N3OS. The monoisotopic (exact) mass is 387 g/mol. The van der Waals surface area contributed by atoms with Crippen LogP contribution in [0.1, 0.15) is 31.2 Å². The van der Waals surface area contributed by atoms with E-state index in [0.29, 0.717) is 23.6 Å². The molecule has 0 atom stereocenters. The molecule has 3 saturated heterocycles. The fraction of sp³-hybridized carbons (Fsp3) is 0.722. The second-order valence-electron chi connectivity index (χ2n) is 7.63. The lowest BCUT2D eigenvalue weighted by molar-refractivity contribution is -0.141. The molecule has 0 aromatic carbocycles. The van der Waals surface area contributed by atoms with Crippen molar-refractivity contribution in [1.82, 2.24) is 14.2 Å².